The van der Waals surface area contributed by atoms with Crippen LogP contribution in [0, 0.1) is 17.1 Å². The summed E-state index contributed by atoms with van der Waals surface area (Å²) in [7, 11) is -3.43. The molecule has 0 spiro atoms. The van der Waals surface area contributed by atoms with Gasteiger partial charge in [-0.3, -0.25) is 20.1 Å². The fourth-order valence-corrected chi connectivity index (χ4v) is 4.04. The van der Waals surface area contributed by atoms with Crippen molar-refractivity contribution in [1.29, 1.82) is 5.26 Å². The molecule has 0 aliphatic heterocycles. The largest absolute Gasteiger partial charge is 0.407 e. The number of aromatic nitrogens is 2. The molecular formula is C20H19F4N5O3S. The topological polar surface area (TPSA) is 125 Å². The molecule has 0 radical (unpaired) electrons. The lowest BCUT2D eigenvalue weighted by atomic mass is 10.0. The first kappa shape index (κ1) is 24.5. The molecule has 13 heteroatoms. The van der Waals surface area contributed by atoms with E-state index in [1.807, 2.05) is 6.07 Å². The minimum absolute atomic E-state index is 0.146. The first-order valence-electron chi connectivity index (χ1n) is 9.74. The van der Waals surface area contributed by atoms with Gasteiger partial charge in [0, 0.05) is 25.0 Å². The number of alkyl halides is 3. The van der Waals surface area contributed by atoms with Crippen molar-refractivity contribution < 1.29 is 30.8 Å². The molecular weight excluding hydrogens is 466 g/mol. The standard InChI is InChI=1S/C20H19F4N5O3S/c21-13-3-1-12(2-4-13)17(20(22,23)24)28-16(18(30)29-19(11-25)5-6-19)15(33(31)32)9-14-10-26-7-8-27-14/h1-4,7-8,10,15-17,28,33H,5-6,9H2,(H,29,30)/t15?,16?,17-/m1/s1. The van der Waals surface area contributed by atoms with Gasteiger partial charge >= 0.3 is 6.18 Å². The van der Waals surface area contributed by atoms with Crippen LogP contribution in [0.3, 0.4) is 0 Å². The normalized spacial score (nSPS) is 17.6. The number of nitriles is 1. The third-order valence-electron chi connectivity index (χ3n) is 5.18. The van der Waals surface area contributed by atoms with E-state index in [1.165, 1.54) is 18.6 Å². The Kier molecular flexibility index (Phi) is 7.28. The van der Waals surface area contributed by atoms with E-state index in [0.29, 0.717) is 12.8 Å². The van der Waals surface area contributed by atoms with E-state index in [4.69, 9.17) is 0 Å². The van der Waals surface area contributed by atoms with Gasteiger partial charge in [0.05, 0.1) is 17.0 Å². The molecule has 8 nitrogen and oxygen atoms in total. The molecule has 1 aliphatic rings. The Balaban J connectivity index is 1.99. The minimum atomic E-state index is -4.95. The van der Waals surface area contributed by atoms with Crippen LogP contribution in [0.1, 0.15) is 30.1 Å². The molecule has 3 atom stereocenters. The zero-order chi connectivity index (χ0) is 24.2. The van der Waals surface area contributed by atoms with Crippen LogP contribution in [-0.4, -0.2) is 47.3 Å². The van der Waals surface area contributed by atoms with Crippen molar-refractivity contribution in [3.63, 3.8) is 0 Å². The second kappa shape index (κ2) is 9.80. The van der Waals surface area contributed by atoms with E-state index in [9.17, 15) is 36.0 Å². The van der Waals surface area contributed by atoms with Crippen LogP contribution in [0.2, 0.25) is 0 Å². The van der Waals surface area contributed by atoms with Crippen LogP contribution >= 0.6 is 0 Å². The fraction of sp³-hybridized carbons (Fsp3) is 0.400. The van der Waals surface area contributed by atoms with Crippen LogP contribution in [0.4, 0.5) is 17.6 Å². The van der Waals surface area contributed by atoms with E-state index in [1.54, 1.807) is 0 Å². The average molecular weight is 485 g/mol. The summed E-state index contributed by atoms with van der Waals surface area (Å²) in [6.45, 7) is 0. The van der Waals surface area contributed by atoms with Crippen molar-refractivity contribution in [2.24, 2.45) is 0 Å². The molecule has 2 aromatic rings. The number of benzene rings is 1. The van der Waals surface area contributed by atoms with E-state index in [2.05, 4.69) is 20.6 Å². The van der Waals surface area contributed by atoms with Gasteiger partial charge in [-0.05, 0) is 30.5 Å². The minimum Gasteiger partial charge on any atom is -0.336 e. The van der Waals surface area contributed by atoms with E-state index in [-0.39, 0.29) is 5.69 Å². The van der Waals surface area contributed by atoms with Crippen molar-refractivity contribution in [2.45, 2.75) is 48.3 Å². The summed E-state index contributed by atoms with van der Waals surface area (Å²) in [4.78, 5) is 20.7. The molecule has 1 aromatic carbocycles. The van der Waals surface area contributed by atoms with Crippen LogP contribution in [-0.2, 0) is 21.9 Å². The van der Waals surface area contributed by atoms with E-state index >= 15 is 0 Å². The molecule has 1 aromatic heterocycles. The number of hydrogen-bond acceptors (Lipinski definition) is 7. The van der Waals surface area contributed by atoms with Crippen molar-refractivity contribution in [2.75, 3.05) is 0 Å². The Bertz CT molecular complexity index is 1090. The maximum atomic E-state index is 13.9. The molecule has 33 heavy (non-hydrogen) atoms. The molecule has 3 rings (SSSR count). The van der Waals surface area contributed by atoms with Gasteiger partial charge in [0.1, 0.15) is 34.1 Å². The summed E-state index contributed by atoms with van der Waals surface area (Å²) < 4.78 is 79.2. The molecule has 1 aliphatic carbocycles. The number of hydrogen-bond donors (Lipinski definition) is 3. The number of halogens is 4. The number of amides is 1. The summed E-state index contributed by atoms with van der Waals surface area (Å²) in [6, 6.07) is 0.937. The SMILES string of the molecule is N#CC1(NC(=O)C(N[C@H](c2ccc(F)cc2)C(F)(F)F)C(Cc2cnccn2)[SH](=O)=O)CC1. The summed E-state index contributed by atoms with van der Waals surface area (Å²) in [5.74, 6) is -1.83. The third-order valence-corrected chi connectivity index (χ3v) is 6.20. The van der Waals surface area contributed by atoms with Gasteiger partial charge in [0.15, 0.2) is 0 Å². The Hall–Kier alpha value is -3.11. The Morgan fingerprint density at radius 2 is 1.88 bits per heavy atom. The molecule has 0 saturated heterocycles. The van der Waals surface area contributed by atoms with Gasteiger partial charge in [0.2, 0.25) is 5.91 Å². The van der Waals surface area contributed by atoms with Crippen molar-refractivity contribution in [3.05, 3.63) is 59.9 Å². The monoisotopic (exact) mass is 485 g/mol. The highest BCUT2D eigenvalue weighted by molar-refractivity contribution is 7.73. The lowest BCUT2D eigenvalue weighted by Gasteiger charge is -2.30. The number of carbonyl (C=O) groups is 1. The van der Waals surface area contributed by atoms with E-state index < -0.39 is 63.5 Å². The summed E-state index contributed by atoms with van der Waals surface area (Å²) in [5.41, 5.74) is -1.51. The van der Waals surface area contributed by atoms with Gasteiger partial charge in [-0.1, -0.05) is 12.1 Å². The lowest BCUT2D eigenvalue weighted by Crippen LogP contribution is -2.57. The zero-order valence-electron chi connectivity index (χ0n) is 16.9. The van der Waals surface area contributed by atoms with Gasteiger partial charge in [-0.25, -0.2) is 12.8 Å². The quantitative estimate of drug-likeness (QED) is 0.364. The Labute approximate surface area is 188 Å². The highest BCUT2D eigenvalue weighted by Crippen LogP contribution is 2.36. The zero-order valence-corrected chi connectivity index (χ0v) is 17.8. The second-order valence-corrected chi connectivity index (χ2v) is 8.84. The second-order valence-electron chi connectivity index (χ2n) is 7.61. The summed E-state index contributed by atoms with van der Waals surface area (Å²) in [5, 5.41) is 12.1. The summed E-state index contributed by atoms with van der Waals surface area (Å²) in [6.07, 6.45) is -0.921. The molecule has 2 unspecified atom stereocenters. The van der Waals surface area contributed by atoms with Crippen LogP contribution in [0.15, 0.2) is 42.9 Å². The average Bonchev–Trinajstić information content (AvgIpc) is 3.53. The highest BCUT2D eigenvalue weighted by Gasteiger charge is 2.49. The van der Waals surface area contributed by atoms with Crippen LogP contribution in [0.25, 0.3) is 0 Å². The van der Waals surface area contributed by atoms with Crippen molar-refractivity contribution in [3.8, 4) is 6.07 Å². The lowest BCUT2D eigenvalue weighted by molar-refractivity contribution is -0.161. The first-order valence-corrected chi connectivity index (χ1v) is 11.0. The van der Waals surface area contributed by atoms with Gasteiger partial charge in [-0.15, -0.1) is 0 Å². The smallest absolute Gasteiger partial charge is 0.336 e. The number of carbonyl (C=O) groups excluding carboxylic acids is 1. The molecule has 1 amide bonds. The number of nitrogens with one attached hydrogen (secondary N) is 2. The maximum Gasteiger partial charge on any atom is 0.407 e. The predicted molar refractivity (Wildman–Crippen MR) is 108 cm³/mol. The molecule has 176 valence electrons. The van der Waals surface area contributed by atoms with Crippen molar-refractivity contribution in [1.82, 2.24) is 20.6 Å². The molecule has 0 bridgehead atoms. The number of rotatable bonds is 9. The van der Waals surface area contributed by atoms with Gasteiger partial charge < -0.3 is 5.32 Å². The third kappa shape index (κ3) is 6.23. The molecule has 1 heterocycles. The molecule has 1 fully saturated rings. The highest BCUT2D eigenvalue weighted by atomic mass is 32.2. The Morgan fingerprint density at radius 3 is 2.36 bits per heavy atom. The fourth-order valence-electron chi connectivity index (χ4n) is 3.24. The molecule has 1 saturated carbocycles. The Morgan fingerprint density at radius 1 is 1.21 bits per heavy atom. The number of nitrogens with zero attached hydrogens (tertiary/aromatic N) is 3. The van der Waals surface area contributed by atoms with Gasteiger partial charge in [-0.2, -0.15) is 18.4 Å². The maximum absolute atomic E-state index is 13.9. The molecule has 2 N–H and O–H groups in total. The van der Waals surface area contributed by atoms with Crippen LogP contribution < -0.4 is 10.6 Å². The van der Waals surface area contributed by atoms with Gasteiger partial charge in [0.25, 0.3) is 0 Å². The van der Waals surface area contributed by atoms with Crippen LogP contribution in [0.5, 0.6) is 0 Å². The summed E-state index contributed by atoms with van der Waals surface area (Å²) >= 11 is 0. The first-order chi connectivity index (χ1) is 15.5. The van der Waals surface area contributed by atoms with E-state index in [0.717, 1.165) is 24.3 Å². The predicted octanol–water partition coefficient (Wildman–Crippen LogP) is 1.57. The number of thiol groups is 1. The van der Waals surface area contributed by atoms with Crippen molar-refractivity contribution >= 4 is 16.6 Å².